The predicted molar refractivity (Wildman–Crippen MR) is 115 cm³/mol. The van der Waals surface area contributed by atoms with Crippen LogP contribution in [0.5, 0.6) is 11.5 Å². The van der Waals surface area contributed by atoms with Crippen molar-refractivity contribution in [3.05, 3.63) is 59.7 Å². The van der Waals surface area contributed by atoms with Crippen LogP contribution in [0.15, 0.2) is 53.5 Å². The molecular weight excluding hydrogens is 366 g/mol. The van der Waals surface area contributed by atoms with Crippen LogP contribution in [0.1, 0.15) is 37.0 Å². The maximum Gasteiger partial charge on any atom is 0.191 e. The lowest BCUT2D eigenvalue weighted by molar-refractivity contribution is 0.180. The van der Waals surface area contributed by atoms with E-state index in [0.717, 1.165) is 35.8 Å². The molecule has 2 aromatic rings. The van der Waals surface area contributed by atoms with Gasteiger partial charge in [-0.15, -0.1) is 0 Å². The Morgan fingerprint density at radius 3 is 2.76 bits per heavy atom. The summed E-state index contributed by atoms with van der Waals surface area (Å²) >= 11 is 0. The van der Waals surface area contributed by atoms with Crippen LogP contribution in [0.3, 0.4) is 0 Å². The first-order valence-electron chi connectivity index (χ1n) is 10.2. The van der Waals surface area contributed by atoms with Gasteiger partial charge in [-0.3, -0.25) is 0 Å². The van der Waals surface area contributed by atoms with Crippen molar-refractivity contribution >= 4 is 5.96 Å². The van der Waals surface area contributed by atoms with Crippen LogP contribution < -0.4 is 20.1 Å². The molecule has 0 spiro atoms. The molecule has 0 amide bonds. The maximum absolute atomic E-state index is 10.5. The quantitative estimate of drug-likeness (QED) is 0.424. The number of benzene rings is 2. The highest BCUT2D eigenvalue weighted by molar-refractivity contribution is 5.79. The number of rotatable bonds is 10. The van der Waals surface area contributed by atoms with E-state index >= 15 is 0 Å². The van der Waals surface area contributed by atoms with Gasteiger partial charge in [-0.1, -0.05) is 30.3 Å². The number of para-hydroxylation sites is 1. The topological polar surface area (TPSA) is 75.1 Å². The molecule has 3 N–H and O–H groups in total. The first-order chi connectivity index (χ1) is 14.2. The van der Waals surface area contributed by atoms with Gasteiger partial charge >= 0.3 is 0 Å². The molecule has 6 heteroatoms. The van der Waals surface area contributed by atoms with Crippen LogP contribution in [0.4, 0.5) is 0 Å². The van der Waals surface area contributed by atoms with Crippen molar-refractivity contribution in [2.24, 2.45) is 10.9 Å². The molecule has 1 aliphatic carbocycles. The Hall–Kier alpha value is -2.73. The predicted octanol–water partition coefficient (Wildman–Crippen LogP) is 3.27. The Labute approximate surface area is 173 Å². The smallest absolute Gasteiger partial charge is 0.191 e. The first-order valence-corrected chi connectivity index (χ1v) is 10.2. The van der Waals surface area contributed by atoms with Gasteiger partial charge in [0.25, 0.3) is 0 Å². The zero-order valence-electron chi connectivity index (χ0n) is 17.2. The molecule has 156 valence electrons. The van der Waals surface area contributed by atoms with Gasteiger partial charge in [-0.05, 0) is 49.4 Å². The van der Waals surface area contributed by atoms with Crippen LogP contribution in [-0.4, -0.2) is 37.9 Å². The number of hydrogen-bond donors (Lipinski definition) is 3. The lowest BCUT2D eigenvalue weighted by Gasteiger charge is -2.16. The van der Waals surface area contributed by atoms with Crippen molar-refractivity contribution in [1.82, 2.24) is 10.6 Å². The number of aliphatic imine (C=N–C) groups is 1. The number of methoxy groups -OCH3 is 1. The number of nitrogens with one attached hydrogen (secondary N) is 2. The molecular formula is C23H31N3O3. The summed E-state index contributed by atoms with van der Waals surface area (Å²) < 4.78 is 11.2. The summed E-state index contributed by atoms with van der Waals surface area (Å²) in [5.74, 6) is 3.00. The van der Waals surface area contributed by atoms with E-state index in [9.17, 15) is 5.11 Å². The van der Waals surface area contributed by atoms with Gasteiger partial charge < -0.3 is 25.2 Å². The lowest BCUT2D eigenvalue weighted by atomic mass is 10.1. The third-order valence-electron chi connectivity index (χ3n) is 4.84. The Kier molecular flexibility index (Phi) is 7.76. The van der Waals surface area contributed by atoms with E-state index in [-0.39, 0.29) is 0 Å². The van der Waals surface area contributed by atoms with Crippen molar-refractivity contribution in [3.63, 3.8) is 0 Å². The van der Waals surface area contributed by atoms with Crippen molar-refractivity contribution in [2.75, 3.05) is 26.8 Å². The number of ether oxygens (including phenoxy) is 2. The van der Waals surface area contributed by atoms with E-state index in [1.165, 1.54) is 12.8 Å². The first kappa shape index (κ1) is 21.0. The molecule has 1 saturated carbocycles. The van der Waals surface area contributed by atoms with E-state index < -0.39 is 6.10 Å². The summed E-state index contributed by atoms with van der Waals surface area (Å²) in [5, 5.41) is 16.9. The monoisotopic (exact) mass is 397 g/mol. The second-order valence-electron chi connectivity index (χ2n) is 7.23. The summed E-state index contributed by atoms with van der Waals surface area (Å²) in [7, 11) is 1.62. The lowest BCUT2D eigenvalue weighted by Crippen LogP contribution is -2.39. The fourth-order valence-corrected chi connectivity index (χ4v) is 2.93. The summed E-state index contributed by atoms with van der Waals surface area (Å²) in [4.78, 5) is 4.67. The molecule has 29 heavy (non-hydrogen) atoms. The molecule has 1 unspecified atom stereocenters. The molecule has 0 heterocycles. The molecule has 0 aromatic heterocycles. The third kappa shape index (κ3) is 6.68. The average Bonchev–Trinajstić information content (AvgIpc) is 3.59. The highest BCUT2D eigenvalue weighted by Crippen LogP contribution is 2.30. The van der Waals surface area contributed by atoms with Gasteiger partial charge in [0.15, 0.2) is 5.96 Å². The summed E-state index contributed by atoms with van der Waals surface area (Å²) in [6, 6.07) is 15.5. The van der Waals surface area contributed by atoms with Crippen molar-refractivity contribution in [2.45, 2.75) is 32.4 Å². The Morgan fingerprint density at radius 1 is 1.17 bits per heavy atom. The van der Waals surface area contributed by atoms with E-state index in [2.05, 4.69) is 15.6 Å². The van der Waals surface area contributed by atoms with E-state index in [0.29, 0.717) is 25.0 Å². The largest absolute Gasteiger partial charge is 0.497 e. The van der Waals surface area contributed by atoms with Crippen molar-refractivity contribution in [3.8, 4) is 11.5 Å². The fraction of sp³-hybridized carbons (Fsp3) is 0.435. The zero-order chi connectivity index (χ0) is 20.5. The summed E-state index contributed by atoms with van der Waals surface area (Å²) in [6.45, 7) is 4.39. The van der Waals surface area contributed by atoms with Crippen LogP contribution in [-0.2, 0) is 6.54 Å². The van der Waals surface area contributed by atoms with Crippen LogP contribution in [0.2, 0.25) is 0 Å². The molecule has 0 saturated heterocycles. The molecule has 1 atom stereocenters. The van der Waals surface area contributed by atoms with Gasteiger partial charge in [0.1, 0.15) is 11.5 Å². The molecule has 0 radical (unpaired) electrons. The number of hydrogen-bond acceptors (Lipinski definition) is 4. The Bertz CT molecular complexity index is 805. The minimum absolute atomic E-state index is 0.346. The summed E-state index contributed by atoms with van der Waals surface area (Å²) in [5.41, 5.74) is 1.85. The molecule has 6 nitrogen and oxygen atoms in total. The number of nitrogens with zero attached hydrogens (tertiary/aromatic N) is 1. The van der Waals surface area contributed by atoms with Crippen LogP contribution >= 0.6 is 0 Å². The zero-order valence-corrected chi connectivity index (χ0v) is 17.2. The van der Waals surface area contributed by atoms with E-state index in [1.807, 2.05) is 55.5 Å². The molecule has 1 aliphatic rings. The molecule has 3 rings (SSSR count). The fourth-order valence-electron chi connectivity index (χ4n) is 2.93. The molecule has 0 bridgehead atoms. The van der Waals surface area contributed by atoms with Gasteiger partial charge in [0.2, 0.25) is 0 Å². The van der Waals surface area contributed by atoms with Gasteiger partial charge in [0.05, 0.1) is 26.4 Å². The van der Waals surface area contributed by atoms with E-state index in [4.69, 9.17) is 9.47 Å². The average molecular weight is 398 g/mol. The van der Waals surface area contributed by atoms with Crippen LogP contribution in [0.25, 0.3) is 0 Å². The molecule has 1 fully saturated rings. The maximum atomic E-state index is 10.5. The highest BCUT2D eigenvalue weighted by Gasteiger charge is 2.22. The van der Waals surface area contributed by atoms with Crippen LogP contribution in [0, 0.1) is 5.92 Å². The highest BCUT2D eigenvalue weighted by atomic mass is 16.5. The SMILES string of the molecule is CCNC(=NCc1ccccc1OCC1CC1)NCC(O)c1cccc(OC)c1. The normalized spacial score (nSPS) is 14.9. The second kappa shape index (κ2) is 10.7. The minimum atomic E-state index is -0.664. The standard InChI is InChI=1S/C23H31N3O3/c1-3-24-23(26-15-21(27)18-8-6-9-20(13-18)28-2)25-14-19-7-4-5-10-22(19)29-16-17-11-12-17/h4-10,13,17,21,27H,3,11-12,14-16H2,1-2H3,(H2,24,25,26). The third-order valence-corrected chi connectivity index (χ3v) is 4.84. The molecule has 2 aromatic carbocycles. The van der Waals surface area contributed by atoms with Gasteiger partial charge in [-0.2, -0.15) is 0 Å². The number of guanidine groups is 1. The van der Waals surface area contributed by atoms with Crippen molar-refractivity contribution in [1.29, 1.82) is 0 Å². The Morgan fingerprint density at radius 2 is 2.00 bits per heavy atom. The van der Waals surface area contributed by atoms with Gasteiger partial charge in [-0.25, -0.2) is 4.99 Å². The van der Waals surface area contributed by atoms with Crippen molar-refractivity contribution < 1.29 is 14.6 Å². The summed E-state index contributed by atoms with van der Waals surface area (Å²) in [6.07, 6.45) is 1.87. The number of aliphatic hydroxyl groups is 1. The van der Waals surface area contributed by atoms with Gasteiger partial charge in [0, 0.05) is 18.7 Å². The number of aliphatic hydroxyl groups excluding tert-OH is 1. The minimum Gasteiger partial charge on any atom is -0.497 e. The second-order valence-corrected chi connectivity index (χ2v) is 7.23. The molecule has 0 aliphatic heterocycles. The van der Waals surface area contributed by atoms with E-state index in [1.54, 1.807) is 7.11 Å². The Balaban J connectivity index is 1.59.